The Morgan fingerprint density at radius 3 is 2.42 bits per heavy atom. The fraction of sp³-hybridized carbons (Fsp3) is 0.0800. The van der Waals surface area contributed by atoms with Crippen LogP contribution in [0.15, 0.2) is 87.4 Å². The summed E-state index contributed by atoms with van der Waals surface area (Å²) in [6.45, 7) is 0. The molecule has 7 nitrogen and oxygen atoms in total. The van der Waals surface area contributed by atoms with Crippen molar-refractivity contribution in [1.29, 1.82) is 0 Å². The van der Waals surface area contributed by atoms with Crippen LogP contribution in [0.4, 0.5) is 9.52 Å². The van der Waals surface area contributed by atoms with Gasteiger partial charge in [0.25, 0.3) is 5.78 Å². The Bertz CT molecular complexity index is 1460. The number of hydrogen-bond donors (Lipinski definition) is 1. The third-order valence-corrected chi connectivity index (χ3v) is 8.12. The first-order chi connectivity index (χ1) is 17.4. The van der Waals surface area contributed by atoms with Crippen molar-refractivity contribution in [3.63, 3.8) is 0 Å². The minimum absolute atomic E-state index is 0.0377. The second kappa shape index (κ2) is 10.3. The van der Waals surface area contributed by atoms with Crippen molar-refractivity contribution in [2.75, 3.05) is 4.90 Å². The number of ketones is 1. The van der Waals surface area contributed by atoms with Crippen LogP contribution in [0.2, 0.25) is 0 Å². The van der Waals surface area contributed by atoms with Crippen LogP contribution in [0, 0.1) is 5.82 Å². The molecule has 0 radical (unpaired) electrons. The van der Waals surface area contributed by atoms with Crippen LogP contribution >= 0.6 is 39.0 Å². The van der Waals surface area contributed by atoms with Gasteiger partial charge < -0.3 is 5.11 Å². The van der Waals surface area contributed by atoms with Crippen molar-refractivity contribution in [1.82, 2.24) is 15.2 Å². The minimum atomic E-state index is -0.894. The summed E-state index contributed by atoms with van der Waals surface area (Å²) >= 11 is 5.96. The van der Waals surface area contributed by atoms with Gasteiger partial charge in [-0.05, 0) is 47.5 Å². The van der Waals surface area contributed by atoms with Crippen LogP contribution in [0.25, 0.3) is 5.76 Å². The van der Waals surface area contributed by atoms with Crippen molar-refractivity contribution in [3.05, 3.63) is 106 Å². The molecule has 0 aliphatic carbocycles. The molecule has 1 aliphatic heterocycles. The summed E-state index contributed by atoms with van der Waals surface area (Å²) in [4.78, 5) is 31.6. The molecular weight excluding hydrogens is 567 g/mol. The predicted molar refractivity (Wildman–Crippen MR) is 139 cm³/mol. The van der Waals surface area contributed by atoms with Gasteiger partial charge in [0, 0.05) is 28.2 Å². The third-order valence-electron chi connectivity index (χ3n) is 5.46. The van der Waals surface area contributed by atoms with E-state index in [4.69, 9.17) is 0 Å². The number of hydrogen-bond acceptors (Lipinski definition) is 8. The SMILES string of the molecule is O=C1C(=O)N(c2nnc(SCc3ccc(F)cc3)s2)C(c2ccc(Br)cc2)C1=C(O)c1ccncc1. The van der Waals surface area contributed by atoms with Gasteiger partial charge in [-0.2, -0.15) is 0 Å². The lowest BCUT2D eigenvalue weighted by Crippen LogP contribution is -2.29. The van der Waals surface area contributed by atoms with E-state index in [1.165, 1.54) is 52.5 Å². The molecule has 2 aromatic carbocycles. The first-order valence-corrected chi connectivity index (χ1v) is 13.2. The lowest BCUT2D eigenvalue weighted by Gasteiger charge is -2.22. The van der Waals surface area contributed by atoms with E-state index in [9.17, 15) is 19.1 Å². The van der Waals surface area contributed by atoms with Gasteiger partial charge in [0.2, 0.25) is 5.13 Å². The highest BCUT2D eigenvalue weighted by Gasteiger charge is 2.48. The molecule has 1 amide bonds. The number of amides is 1. The molecule has 3 heterocycles. The molecule has 5 rings (SSSR count). The van der Waals surface area contributed by atoms with Gasteiger partial charge in [-0.25, -0.2) is 4.39 Å². The van der Waals surface area contributed by atoms with Gasteiger partial charge in [-0.1, -0.05) is 63.3 Å². The van der Waals surface area contributed by atoms with Crippen molar-refractivity contribution in [2.24, 2.45) is 0 Å². The highest BCUT2D eigenvalue weighted by molar-refractivity contribution is 9.10. The summed E-state index contributed by atoms with van der Waals surface area (Å²) < 4.78 is 14.6. The summed E-state index contributed by atoms with van der Waals surface area (Å²) in [6.07, 6.45) is 2.99. The molecular formula is C25H16BrFN4O3S2. The van der Waals surface area contributed by atoms with E-state index >= 15 is 0 Å². The Kier molecular flexibility index (Phi) is 6.95. The number of anilines is 1. The maximum absolute atomic E-state index is 13.2. The monoisotopic (exact) mass is 582 g/mol. The maximum Gasteiger partial charge on any atom is 0.301 e. The van der Waals surface area contributed by atoms with Gasteiger partial charge in [0.15, 0.2) is 4.34 Å². The lowest BCUT2D eigenvalue weighted by atomic mass is 9.96. The standard InChI is InChI=1S/C25H16BrFN4O3S2/c26-17-5-3-15(4-6-17)20-19(21(32)16-9-11-28-12-10-16)22(33)23(34)31(20)24-29-30-25(36-24)35-13-14-1-7-18(27)8-2-14/h1-12,20,32H,13H2. The molecule has 1 atom stereocenters. The molecule has 1 saturated heterocycles. The van der Waals surface area contributed by atoms with Crippen LogP contribution < -0.4 is 4.90 Å². The second-order valence-corrected chi connectivity index (χ2v) is 10.8. The molecule has 1 fully saturated rings. The molecule has 0 saturated carbocycles. The number of aliphatic hydroxyl groups is 1. The topological polar surface area (TPSA) is 96.3 Å². The molecule has 11 heteroatoms. The van der Waals surface area contributed by atoms with E-state index in [2.05, 4.69) is 31.1 Å². The van der Waals surface area contributed by atoms with Crippen LogP contribution in [0.3, 0.4) is 0 Å². The Morgan fingerprint density at radius 2 is 1.72 bits per heavy atom. The van der Waals surface area contributed by atoms with Crippen molar-refractivity contribution in [3.8, 4) is 0 Å². The number of nitrogens with zero attached hydrogens (tertiary/aromatic N) is 4. The summed E-state index contributed by atoms with van der Waals surface area (Å²) in [5, 5.41) is 19.7. The van der Waals surface area contributed by atoms with Crippen LogP contribution in [0.1, 0.15) is 22.7 Å². The summed E-state index contributed by atoms with van der Waals surface area (Å²) in [6, 6.07) is 15.5. The van der Waals surface area contributed by atoms with Crippen molar-refractivity contribution < 1.29 is 19.1 Å². The van der Waals surface area contributed by atoms with E-state index < -0.39 is 17.7 Å². The van der Waals surface area contributed by atoms with E-state index in [0.29, 0.717) is 21.2 Å². The second-order valence-electron chi connectivity index (χ2n) is 7.72. The van der Waals surface area contributed by atoms with Crippen molar-refractivity contribution >= 4 is 61.6 Å². The zero-order valence-electron chi connectivity index (χ0n) is 18.3. The first kappa shape index (κ1) is 24.3. The normalized spacial score (nSPS) is 17.1. The van der Waals surface area contributed by atoms with Gasteiger partial charge in [0.05, 0.1) is 11.6 Å². The Morgan fingerprint density at radius 1 is 1.03 bits per heavy atom. The number of Topliss-reactive ketones (excluding diaryl/α,β-unsaturated/α-hetero) is 1. The molecule has 1 unspecified atom stereocenters. The number of benzene rings is 2. The summed E-state index contributed by atoms with van der Waals surface area (Å²) in [5.41, 5.74) is 1.87. The quantitative estimate of drug-likeness (QED) is 0.102. The minimum Gasteiger partial charge on any atom is -0.507 e. The molecule has 36 heavy (non-hydrogen) atoms. The Hall–Kier alpha value is -3.41. The average Bonchev–Trinajstić information content (AvgIpc) is 3.46. The largest absolute Gasteiger partial charge is 0.507 e. The number of thioether (sulfide) groups is 1. The summed E-state index contributed by atoms with van der Waals surface area (Å²) in [5.74, 6) is -1.68. The maximum atomic E-state index is 13.2. The lowest BCUT2D eigenvalue weighted by molar-refractivity contribution is -0.132. The smallest absolute Gasteiger partial charge is 0.301 e. The number of aliphatic hydroxyl groups excluding tert-OH is 1. The van der Waals surface area contributed by atoms with Crippen LogP contribution in [-0.4, -0.2) is 32.0 Å². The fourth-order valence-corrected chi connectivity index (χ4v) is 5.83. The highest BCUT2D eigenvalue weighted by Crippen LogP contribution is 2.44. The van der Waals surface area contributed by atoms with Gasteiger partial charge in [-0.3, -0.25) is 19.5 Å². The average molecular weight is 583 g/mol. The zero-order valence-corrected chi connectivity index (χ0v) is 21.6. The van der Waals surface area contributed by atoms with Gasteiger partial charge >= 0.3 is 5.91 Å². The highest BCUT2D eigenvalue weighted by atomic mass is 79.9. The molecule has 4 aromatic rings. The molecule has 0 spiro atoms. The van der Waals surface area contributed by atoms with E-state index in [0.717, 1.165) is 10.0 Å². The number of carbonyl (C=O) groups excluding carboxylic acids is 2. The molecule has 0 bridgehead atoms. The zero-order chi connectivity index (χ0) is 25.2. The molecule has 1 N–H and O–H groups in total. The van der Waals surface area contributed by atoms with Crippen LogP contribution in [-0.2, 0) is 15.3 Å². The number of halogens is 2. The summed E-state index contributed by atoms with van der Waals surface area (Å²) in [7, 11) is 0. The fourth-order valence-electron chi connectivity index (χ4n) is 3.74. The van der Waals surface area contributed by atoms with E-state index in [-0.39, 0.29) is 22.3 Å². The number of pyridine rings is 1. The van der Waals surface area contributed by atoms with Crippen LogP contribution in [0.5, 0.6) is 0 Å². The van der Waals surface area contributed by atoms with Crippen molar-refractivity contribution in [2.45, 2.75) is 16.1 Å². The molecule has 1 aliphatic rings. The van der Waals surface area contributed by atoms with Gasteiger partial charge in [-0.15, -0.1) is 10.2 Å². The Balaban J connectivity index is 1.52. The van der Waals surface area contributed by atoms with E-state index in [1.807, 2.05) is 0 Å². The number of carbonyl (C=O) groups is 2. The number of aromatic nitrogens is 3. The van der Waals surface area contributed by atoms with E-state index in [1.54, 1.807) is 48.5 Å². The van der Waals surface area contributed by atoms with Gasteiger partial charge in [0.1, 0.15) is 11.6 Å². The predicted octanol–water partition coefficient (Wildman–Crippen LogP) is 5.75. The molecule has 2 aromatic heterocycles. The number of rotatable bonds is 6. The Labute approximate surface area is 221 Å². The molecule has 180 valence electrons. The first-order valence-electron chi connectivity index (χ1n) is 10.6. The third kappa shape index (κ3) is 4.81.